The van der Waals surface area contributed by atoms with Gasteiger partial charge in [-0.2, -0.15) is 0 Å². The second kappa shape index (κ2) is 6.73. The van der Waals surface area contributed by atoms with E-state index in [0.29, 0.717) is 23.3 Å². The lowest BCUT2D eigenvalue weighted by molar-refractivity contribution is -0.00432. The molecule has 5 heteroatoms. The largest absolute Gasteiger partial charge is 0.382 e. The highest BCUT2D eigenvalue weighted by Crippen LogP contribution is 2.29. The van der Waals surface area contributed by atoms with Crippen LogP contribution in [0.4, 0.5) is 0 Å². The van der Waals surface area contributed by atoms with Gasteiger partial charge in [0.2, 0.25) is 0 Å². The van der Waals surface area contributed by atoms with Crippen LogP contribution in [0.3, 0.4) is 0 Å². The highest BCUT2D eigenvalue weighted by atomic mass is 35.5. The number of hydrogen-bond donors (Lipinski definition) is 1. The van der Waals surface area contributed by atoms with Gasteiger partial charge in [0, 0.05) is 26.1 Å². The van der Waals surface area contributed by atoms with Crippen LogP contribution in [0.1, 0.15) is 11.5 Å². The predicted octanol–water partition coefficient (Wildman–Crippen LogP) is 2.71. The van der Waals surface area contributed by atoms with Gasteiger partial charge in [-0.15, -0.1) is 0 Å². The number of nitrogens with one attached hydrogen (secondary N) is 1. The summed E-state index contributed by atoms with van der Waals surface area (Å²) in [7, 11) is 1.69. The summed E-state index contributed by atoms with van der Waals surface area (Å²) in [5.41, 5.74) is 1.13. The van der Waals surface area contributed by atoms with E-state index in [1.807, 2.05) is 18.2 Å². The molecule has 2 rings (SSSR count). The molecule has 1 aliphatic heterocycles. The lowest BCUT2D eigenvalue weighted by Crippen LogP contribution is -2.30. The summed E-state index contributed by atoms with van der Waals surface area (Å²) in [4.78, 5) is 0. The van der Waals surface area contributed by atoms with Crippen LogP contribution >= 0.6 is 23.2 Å². The summed E-state index contributed by atoms with van der Waals surface area (Å²) < 4.78 is 11.0. The van der Waals surface area contributed by atoms with E-state index in [9.17, 15) is 0 Å². The molecule has 0 aromatic heterocycles. The molecular weight excluding hydrogens is 273 g/mol. The van der Waals surface area contributed by atoms with Crippen molar-refractivity contribution in [3.63, 3.8) is 0 Å². The minimum Gasteiger partial charge on any atom is -0.382 e. The molecule has 18 heavy (non-hydrogen) atoms. The second-order valence-corrected chi connectivity index (χ2v) is 5.16. The summed E-state index contributed by atoms with van der Waals surface area (Å²) >= 11 is 12.0. The smallest absolute Gasteiger partial charge is 0.0889 e. The van der Waals surface area contributed by atoms with E-state index < -0.39 is 0 Å². The summed E-state index contributed by atoms with van der Waals surface area (Å²) in [5, 5.41) is 4.52. The minimum absolute atomic E-state index is 0.0437. The second-order valence-electron chi connectivity index (χ2n) is 4.35. The minimum atomic E-state index is 0.0437. The van der Waals surface area contributed by atoms with Crippen LogP contribution in [0, 0.1) is 0 Å². The number of methoxy groups -OCH3 is 1. The van der Waals surface area contributed by atoms with Gasteiger partial charge in [0.25, 0.3) is 0 Å². The topological polar surface area (TPSA) is 30.5 Å². The van der Waals surface area contributed by atoms with Crippen molar-refractivity contribution >= 4 is 23.2 Å². The molecule has 0 amide bonds. The van der Waals surface area contributed by atoms with Crippen LogP contribution in [-0.2, 0) is 9.47 Å². The van der Waals surface area contributed by atoms with E-state index in [1.54, 1.807) is 7.11 Å². The Morgan fingerprint density at radius 3 is 2.94 bits per heavy atom. The predicted molar refractivity (Wildman–Crippen MR) is 73.7 cm³/mol. The van der Waals surface area contributed by atoms with Gasteiger partial charge in [-0.25, -0.2) is 0 Å². The lowest BCUT2D eigenvalue weighted by Gasteiger charge is -2.24. The number of rotatable bonds is 3. The van der Waals surface area contributed by atoms with Crippen LogP contribution in [0.2, 0.25) is 10.0 Å². The van der Waals surface area contributed by atoms with E-state index in [1.165, 1.54) is 0 Å². The molecule has 2 atom stereocenters. The van der Waals surface area contributed by atoms with Gasteiger partial charge in [-0.1, -0.05) is 29.3 Å². The number of ether oxygens (including phenoxy) is 2. The van der Waals surface area contributed by atoms with Crippen molar-refractivity contribution in [1.29, 1.82) is 0 Å². The van der Waals surface area contributed by atoms with E-state index >= 15 is 0 Å². The van der Waals surface area contributed by atoms with Crippen LogP contribution in [0.15, 0.2) is 18.2 Å². The molecule has 0 aliphatic carbocycles. The first-order chi connectivity index (χ1) is 8.72. The fourth-order valence-electron chi connectivity index (χ4n) is 2.19. The Hall–Kier alpha value is -0.320. The van der Waals surface area contributed by atoms with Crippen molar-refractivity contribution in [2.45, 2.75) is 12.0 Å². The quantitative estimate of drug-likeness (QED) is 0.928. The molecule has 2 unspecified atom stereocenters. The Morgan fingerprint density at radius 1 is 1.39 bits per heavy atom. The summed E-state index contributed by atoms with van der Waals surface area (Å²) in [6, 6.07) is 5.74. The summed E-state index contributed by atoms with van der Waals surface area (Å²) in [6.07, 6.45) is 0.0437. The van der Waals surface area contributed by atoms with Crippen molar-refractivity contribution in [1.82, 2.24) is 5.32 Å². The Bertz CT molecular complexity index is 401. The van der Waals surface area contributed by atoms with E-state index in [-0.39, 0.29) is 12.0 Å². The van der Waals surface area contributed by atoms with Gasteiger partial charge in [0.05, 0.1) is 29.4 Å². The van der Waals surface area contributed by atoms with Gasteiger partial charge in [0.1, 0.15) is 0 Å². The third-order valence-electron chi connectivity index (χ3n) is 3.13. The van der Waals surface area contributed by atoms with Crippen LogP contribution in [0.5, 0.6) is 0 Å². The van der Waals surface area contributed by atoms with Crippen LogP contribution in [-0.4, -0.2) is 39.5 Å². The Kier molecular flexibility index (Phi) is 5.27. The Morgan fingerprint density at radius 2 is 2.22 bits per heavy atom. The molecule has 1 aromatic carbocycles. The Balaban J connectivity index is 2.22. The number of benzene rings is 1. The van der Waals surface area contributed by atoms with E-state index in [2.05, 4.69) is 5.32 Å². The maximum Gasteiger partial charge on any atom is 0.0889 e. The number of halogens is 2. The summed E-state index contributed by atoms with van der Waals surface area (Å²) in [5.74, 6) is 0.224. The fourth-order valence-corrected chi connectivity index (χ4v) is 2.50. The zero-order valence-electron chi connectivity index (χ0n) is 10.3. The molecule has 1 N–H and O–H groups in total. The van der Waals surface area contributed by atoms with Crippen molar-refractivity contribution in [3.05, 3.63) is 33.8 Å². The van der Waals surface area contributed by atoms with Crippen molar-refractivity contribution in [2.75, 3.05) is 33.4 Å². The SMILES string of the molecule is COCC1OCCNCC1c1ccc(Cl)c(Cl)c1. The van der Waals surface area contributed by atoms with E-state index in [0.717, 1.165) is 18.7 Å². The van der Waals surface area contributed by atoms with Gasteiger partial charge >= 0.3 is 0 Å². The highest BCUT2D eigenvalue weighted by molar-refractivity contribution is 6.42. The van der Waals surface area contributed by atoms with Gasteiger partial charge < -0.3 is 14.8 Å². The average Bonchev–Trinajstić information content (AvgIpc) is 2.59. The molecule has 1 aliphatic rings. The monoisotopic (exact) mass is 289 g/mol. The molecule has 3 nitrogen and oxygen atoms in total. The van der Waals surface area contributed by atoms with Crippen LogP contribution in [0.25, 0.3) is 0 Å². The molecule has 100 valence electrons. The maximum atomic E-state index is 6.07. The molecule has 1 fully saturated rings. The first-order valence-electron chi connectivity index (χ1n) is 5.98. The maximum absolute atomic E-state index is 6.07. The first-order valence-corrected chi connectivity index (χ1v) is 6.74. The highest BCUT2D eigenvalue weighted by Gasteiger charge is 2.26. The lowest BCUT2D eigenvalue weighted by atomic mass is 9.93. The average molecular weight is 290 g/mol. The van der Waals surface area contributed by atoms with Gasteiger partial charge in [-0.05, 0) is 17.7 Å². The molecule has 1 saturated heterocycles. The molecular formula is C13H17Cl2NO2. The number of hydrogen-bond acceptors (Lipinski definition) is 3. The Labute approximate surface area is 117 Å². The standard InChI is InChI=1S/C13H17Cl2NO2/c1-17-8-13-10(7-16-4-5-18-13)9-2-3-11(14)12(15)6-9/h2-3,6,10,13,16H,4-5,7-8H2,1H3. The zero-order chi connectivity index (χ0) is 13.0. The van der Waals surface area contributed by atoms with Crippen molar-refractivity contribution < 1.29 is 9.47 Å². The van der Waals surface area contributed by atoms with Crippen molar-refractivity contribution in [3.8, 4) is 0 Å². The van der Waals surface area contributed by atoms with E-state index in [4.69, 9.17) is 32.7 Å². The normalized spacial score (nSPS) is 24.8. The third-order valence-corrected chi connectivity index (χ3v) is 3.87. The third kappa shape index (κ3) is 3.37. The molecule has 0 radical (unpaired) electrons. The molecule has 1 aromatic rings. The van der Waals surface area contributed by atoms with Crippen molar-refractivity contribution in [2.24, 2.45) is 0 Å². The van der Waals surface area contributed by atoms with Crippen LogP contribution < -0.4 is 5.32 Å². The molecule has 1 heterocycles. The first kappa shape index (κ1) is 14.1. The molecule has 0 bridgehead atoms. The fraction of sp³-hybridized carbons (Fsp3) is 0.538. The van der Waals surface area contributed by atoms with Gasteiger partial charge in [0.15, 0.2) is 0 Å². The molecule has 0 saturated carbocycles. The van der Waals surface area contributed by atoms with Gasteiger partial charge in [-0.3, -0.25) is 0 Å². The molecule has 0 spiro atoms. The zero-order valence-corrected chi connectivity index (χ0v) is 11.8. The summed E-state index contributed by atoms with van der Waals surface area (Å²) in [6.45, 7) is 2.99.